The Labute approximate surface area is 72.9 Å². The van der Waals surface area contributed by atoms with Gasteiger partial charge in [-0.15, -0.1) is 6.42 Å². The fourth-order valence-electron chi connectivity index (χ4n) is 1.34. The number of hydrogen-bond donors (Lipinski definition) is 2. The summed E-state index contributed by atoms with van der Waals surface area (Å²) in [4.78, 5) is 11.3. The SMILES string of the molecule is C#CCNC(=O)C1CCCCN1. The molecule has 0 aromatic rings. The highest BCUT2D eigenvalue weighted by Gasteiger charge is 2.19. The van der Waals surface area contributed by atoms with Gasteiger partial charge >= 0.3 is 0 Å². The standard InChI is InChI=1S/C9H14N2O/c1-2-6-11-9(12)8-5-3-4-7-10-8/h1,8,10H,3-7H2,(H,11,12). The summed E-state index contributed by atoms with van der Waals surface area (Å²) in [5.74, 6) is 2.41. The monoisotopic (exact) mass is 166 g/mol. The topological polar surface area (TPSA) is 41.1 Å². The lowest BCUT2D eigenvalue weighted by molar-refractivity contribution is -0.123. The van der Waals surface area contributed by atoms with Gasteiger partial charge in [0, 0.05) is 0 Å². The Balaban J connectivity index is 2.26. The van der Waals surface area contributed by atoms with E-state index in [2.05, 4.69) is 16.6 Å². The molecule has 12 heavy (non-hydrogen) atoms. The minimum absolute atomic E-state index is 0.0212. The van der Waals surface area contributed by atoms with E-state index in [1.165, 1.54) is 6.42 Å². The zero-order valence-corrected chi connectivity index (χ0v) is 7.10. The van der Waals surface area contributed by atoms with Crippen LogP contribution in [0, 0.1) is 12.3 Å². The molecule has 0 aromatic heterocycles. The zero-order valence-electron chi connectivity index (χ0n) is 7.10. The van der Waals surface area contributed by atoms with Gasteiger partial charge in [-0.3, -0.25) is 4.79 Å². The van der Waals surface area contributed by atoms with Crippen LogP contribution in [0.5, 0.6) is 0 Å². The summed E-state index contributed by atoms with van der Waals surface area (Å²) < 4.78 is 0. The first-order valence-corrected chi connectivity index (χ1v) is 4.29. The molecule has 1 heterocycles. The quantitative estimate of drug-likeness (QED) is 0.561. The molecule has 3 heteroatoms. The lowest BCUT2D eigenvalue weighted by atomic mass is 10.0. The van der Waals surface area contributed by atoms with Gasteiger partial charge in [0.05, 0.1) is 12.6 Å². The Morgan fingerprint density at radius 2 is 2.50 bits per heavy atom. The Morgan fingerprint density at radius 3 is 3.08 bits per heavy atom. The molecule has 1 rings (SSSR count). The minimum atomic E-state index is -0.0212. The third-order valence-electron chi connectivity index (χ3n) is 1.99. The van der Waals surface area contributed by atoms with Crippen molar-refractivity contribution in [1.29, 1.82) is 0 Å². The number of terminal acetylenes is 1. The van der Waals surface area contributed by atoms with Gasteiger partial charge in [-0.25, -0.2) is 0 Å². The fraction of sp³-hybridized carbons (Fsp3) is 0.667. The zero-order chi connectivity index (χ0) is 8.81. The molecule has 0 aliphatic carbocycles. The number of rotatable bonds is 2. The van der Waals surface area contributed by atoms with E-state index in [0.717, 1.165) is 19.4 Å². The molecule has 1 aliphatic rings. The molecular weight excluding hydrogens is 152 g/mol. The molecule has 0 spiro atoms. The summed E-state index contributed by atoms with van der Waals surface area (Å²) in [7, 11) is 0. The van der Waals surface area contributed by atoms with Crippen molar-refractivity contribution in [3.8, 4) is 12.3 Å². The van der Waals surface area contributed by atoms with Crippen LogP contribution in [0.15, 0.2) is 0 Å². The Bertz CT molecular complexity index is 189. The van der Waals surface area contributed by atoms with Gasteiger partial charge in [0.15, 0.2) is 0 Å². The predicted octanol–water partition coefficient (Wildman–Crippen LogP) is -0.122. The van der Waals surface area contributed by atoms with Crippen molar-refractivity contribution < 1.29 is 4.79 Å². The second-order valence-corrected chi connectivity index (χ2v) is 2.92. The summed E-state index contributed by atoms with van der Waals surface area (Å²) in [5.41, 5.74) is 0. The molecule has 1 amide bonds. The van der Waals surface area contributed by atoms with Crippen molar-refractivity contribution in [2.45, 2.75) is 25.3 Å². The lowest BCUT2D eigenvalue weighted by Crippen LogP contribution is -2.46. The number of hydrogen-bond acceptors (Lipinski definition) is 2. The van der Waals surface area contributed by atoms with E-state index in [-0.39, 0.29) is 11.9 Å². The highest BCUT2D eigenvalue weighted by atomic mass is 16.2. The summed E-state index contributed by atoms with van der Waals surface area (Å²) >= 11 is 0. The van der Waals surface area contributed by atoms with Gasteiger partial charge in [-0.05, 0) is 19.4 Å². The van der Waals surface area contributed by atoms with Crippen molar-refractivity contribution in [2.75, 3.05) is 13.1 Å². The summed E-state index contributed by atoms with van der Waals surface area (Å²) in [6.07, 6.45) is 8.24. The normalized spacial score (nSPS) is 22.8. The van der Waals surface area contributed by atoms with E-state index in [1.54, 1.807) is 0 Å². The second-order valence-electron chi connectivity index (χ2n) is 2.92. The van der Waals surface area contributed by atoms with Crippen LogP contribution in [0.1, 0.15) is 19.3 Å². The van der Waals surface area contributed by atoms with Crippen LogP contribution in [-0.2, 0) is 4.79 Å². The highest BCUT2D eigenvalue weighted by molar-refractivity contribution is 5.81. The molecule has 3 nitrogen and oxygen atoms in total. The molecule has 0 saturated carbocycles. The van der Waals surface area contributed by atoms with Crippen molar-refractivity contribution in [3.05, 3.63) is 0 Å². The van der Waals surface area contributed by atoms with Crippen LogP contribution >= 0.6 is 0 Å². The van der Waals surface area contributed by atoms with Crippen LogP contribution in [0.2, 0.25) is 0 Å². The number of nitrogens with one attached hydrogen (secondary N) is 2. The molecule has 1 saturated heterocycles. The van der Waals surface area contributed by atoms with Crippen LogP contribution in [0.4, 0.5) is 0 Å². The molecule has 0 bridgehead atoms. The van der Waals surface area contributed by atoms with Gasteiger partial charge in [0.25, 0.3) is 0 Å². The summed E-state index contributed by atoms with van der Waals surface area (Å²) in [5, 5.41) is 5.81. The second kappa shape index (κ2) is 4.78. The van der Waals surface area contributed by atoms with E-state index in [9.17, 15) is 4.79 Å². The predicted molar refractivity (Wildman–Crippen MR) is 47.5 cm³/mol. The van der Waals surface area contributed by atoms with Crippen molar-refractivity contribution in [1.82, 2.24) is 10.6 Å². The van der Waals surface area contributed by atoms with Crippen molar-refractivity contribution in [2.24, 2.45) is 0 Å². The van der Waals surface area contributed by atoms with Crippen LogP contribution in [0.25, 0.3) is 0 Å². The third kappa shape index (κ3) is 2.55. The molecule has 1 atom stereocenters. The lowest BCUT2D eigenvalue weighted by Gasteiger charge is -2.21. The van der Waals surface area contributed by atoms with Crippen molar-refractivity contribution in [3.63, 3.8) is 0 Å². The Morgan fingerprint density at radius 1 is 1.67 bits per heavy atom. The Hall–Kier alpha value is -1.01. The number of amides is 1. The average molecular weight is 166 g/mol. The van der Waals surface area contributed by atoms with E-state index >= 15 is 0 Å². The largest absolute Gasteiger partial charge is 0.344 e. The highest BCUT2D eigenvalue weighted by Crippen LogP contribution is 2.06. The average Bonchev–Trinajstić information content (AvgIpc) is 2.15. The number of piperidine rings is 1. The van der Waals surface area contributed by atoms with Crippen molar-refractivity contribution >= 4 is 5.91 Å². The molecule has 1 aliphatic heterocycles. The smallest absolute Gasteiger partial charge is 0.237 e. The van der Waals surface area contributed by atoms with Gasteiger partial charge in [-0.1, -0.05) is 12.3 Å². The number of carbonyl (C=O) groups excluding carboxylic acids is 1. The third-order valence-corrected chi connectivity index (χ3v) is 1.99. The van der Waals surface area contributed by atoms with Crippen LogP contribution in [-0.4, -0.2) is 25.0 Å². The molecule has 2 N–H and O–H groups in total. The van der Waals surface area contributed by atoms with E-state index in [1.807, 2.05) is 0 Å². The molecule has 1 unspecified atom stereocenters. The van der Waals surface area contributed by atoms with Crippen LogP contribution in [0.3, 0.4) is 0 Å². The molecular formula is C9H14N2O. The van der Waals surface area contributed by atoms with E-state index in [4.69, 9.17) is 6.42 Å². The summed E-state index contributed by atoms with van der Waals surface area (Å²) in [6, 6.07) is -0.0212. The van der Waals surface area contributed by atoms with E-state index < -0.39 is 0 Å². The first-order chi connectivity index (χ1) is 5.84. The van der Waals surface area contributed by atoms with Crippen LogP contribution < -0.4 is 10.6 Å². The van der Waals surface area contributed by atoms with E-state index in [0.29, 0.717) is 6.54 Å². The fourth-order valence-corrected chi connectivity index (χ4v) is 1.34. The maximum absolute atomic E-state index is 11.3. The minimum Gasteiger partial charge on any atom is -0.344 e. The first kappa shape index (κ1) is 9.08. The maximum atomic E-state index is 11.3. The molecule has 66 valence electrons. The van der Waals surface area contributed by atoms with Gasteiger partial charge in [0.1, 0.15) is 0 Å². The van der Waals surface area contributed by atoms with Gasteiger partial charge in [-0.2, -0.15) is 0 Å². The summed E-state index contributed by atoms with van der Waals surface area (Å²) in [6.45, 7) is 1.27. The first-order valence-electron chi connectivity index (χ1n) is 4.29. The maximum Gasteiger partial charge on any atom is 0.237 e. The van der Waals surface area contributed by atoms with Gasteiger partial charge < -0.3 is 10.6 Å². The molecule has 0 aromatic carbocycles. The molecule has 1 fully saturated rings. The van der Waals surface area contributed by atoms with Gasteiger partial charge in [0.2, 0.25) is 5.91 Å². The Kier molecular flexibility index (Phi) is 3.62. The molecule has 0 radical (unpaired) electrons. The number of carbonyl (C=O) groups is 1.